The molecule has 0 aromatic carbocycles. The van der Waals surface area contributed by atoms with Gasteiger partial charge in [0.1, 0.15) is 12.3 Å². The van der Waals surface area contributed by atoms with Crippen LogP contribution in [0.2, 0.25) is 0 Å². The highest BCUT2D eigenvalue weighted by Gasteiger charge is 2.25. The summed E-state index contributed by atoms with van der Waals surface area (Å²) in [5.74, 6) is -1.74. The van der Waals surface area contributed by atoms with Crippen LogP contribution in [0, 0.1) is 0 Å². The molecule has 0 fully saturated rings. The number of rotatable bonds is 5. The Bertz CT molecular complexity index is 241. The average molecular weight is 203 g/mol. The van der Waals surface area contributed by atoms with Crippen molar-refractivity contribution in [2.24, 2.45) is 11.5 Å². The summed E-state index contributed by atoms with van der Waals surface area (Å²) >= 11 is 0. The number of nitrogens with one attached hydrogen (secondary N) is 1. The quantitative estimate of drug-likeness (QED) is 0.350. The minimum atomic E-state index is -1.74. The first-order valence-corrected chi connectivity index (χ1v) is 3.88. The lowest BCUT2D eigenvalue weighted by molar-refractivity contribution is -0.133. The molecule has 0 aromatic rings. The molecule has 7 nitrogen and oxygen atoms in total. The van der Waals surface area contributed by atoms with Crippen LogP contribution < -0.4 is 16.8 Å². The zero-order valence-corrected chi connectivity index (χ0v) is 7.64. The maximum absolute atomic E-state index is 11.0. The van der Waals surface area contributed by atoms with Gasteiger partial charge in [-0.1, -0.05) is 0 Å². The standard InChI is InChI=1S/C7H13N3O4/c1-3(8)7(14)10-4(2-11)5(12)6(9)13/h2-5,12H,8H2,1H3,(H2,9,13)(H,10,14)/t3-,4+,5-/m0/s1. The summed E-state index contributed by atoms with van der Waals surface area (Å²) in [6.45, 7) is 1.40. The van der Waals surface area contributed by atoms with Crippen molar-refractivity contribution < 1.29 is 19.5 Å². The molecule has 0 aliphatic carbocycles. The van der Waals surface area contributed by atoms with Crippen LogP contribution in [0.3, 0.4) is 0 Å². The van der Waals surface area contributed by atoms with Crippen LogP contribution in [-0.2, 0) is 14.4 Å². The van der Waals surface area contributed by atoms with Gasteiger partial charge in [-0.05, 0) is 6.92 Å². The van der Waals surface area contributed by atoms with Crippen molar-refractivity contribution in [2.75, 3.05) is 0 Å². The van der Waals surface area contributed by atoms with Crippen molar-refractivity contribution in [1.82, 2.24) is 5.32 Å². The summed E-state index contributed by atoms with van der Waals surface area (Å²) in [6, 6.07) is -2.19. The van der Waals surface area contributed by atoms with E-state index in [1.165, 1.54) is 6.92 Å². The number of primary amides is 1. The van der Waals surface area contributed by atoms with Gasteiger partial charge < -0.3 is 26.7 Å². The van der Waals surface area contributed by atoms with Crippen molar-refractivity contribution in [3.8, 4) is 0 Å². The number of carbonyl (C=O) groups excluding carboxylic acids is 3. The molecule has 0 saturated carbocycles. The van der Waals surface area contributed by atoms with Crippen molar-refractivity contribution >= 4 is 18.1 Å². The van der Waals surface area contributed by atoms with Gasteiger partial charge in [0.05, 0.1) is 6.04 Å². The van der Waals surface area contributed by atoms with Crippen LogP contribution in [-0.4, -0.2) is 41.4 Å². The summed E-state index contributed by atoms with van der Waals surface area (Å²) in [5.41, 5.74) is 9.92. The second-order valence-corrected chi connectivity index (χ2v) is 2.81. The highest BCUT2D eigenvalue weighted by atomic mass is 16.3. The van der Waals surface area contributed by atoms with E-state index in [1.807, 2.05) is 0 Å². The van der Waals surface area contributed by atoms with E-state index in [1.54, 1.807) is 0 Å². The van der Waals surface area contributed by atoms with Gasteiger partial charge in [-0.2, -0.15) is 0 Å². The van der Waals surface area contributed by atoms with Gasteiger partial charge in [0.2, 0.25) is 11.8 Å². The summed E-state index contributed by atoms with van der Waals surface area (Å²) in [7, 11) is 0. The van der Waals surface area contributed by atoms with E-state index in [9.17, 15) is 14.4 Å². The van der Waals surface area contributed by atoms with Gasteiger partial charge in [0, 0.05) is 0 Å². The smallest absolute Gasteiger partial charge is 0.248 e. The third-order valence-corrected chi connectivity index (χ3v) is 1.50. The van der Waals surface area contributed by atoms with E-state index in [0.717, 1.165) is 0 Å². The average Bonchev–Trinajstić information content (AvgIpc) is 2.12. The molecule has 0 aliphatic rings. The monoisotopic (exact) mass is 203 g/mol. The second kappa shape index (κ2) is 5.30. The minimum Gasteiger partial charge on any atom is -0.381 e. The first-order chi connectivity index (χ1) is 6.40. The summed E-state index contributed by atoms with van der Waals surface area (Å²) < 4.78 is 0. The first-order valence-electron chi connectivity index (χ1n) is 3.88. The van der Waals surface area contributed by atoms with Gasteiger partial charge in [-0.15, -0.1) is 0 Å². The number of carbonyl (C=O) groups is 3. The van der Waals surface area contributed by atoms with E-state index < -0.39 is 30.0 Å². The molecule has 0 unspecified atom stereocenters. The summed E-state index contributed by atoms with van der Waals surface area (Å²) in [4.78, 5) is 31.8. The van der Waals surface area contributed by atoms with Crippen LogP contribution in [0.25, 0.3) is 0 Å². The lowest BCUT2D eigenvalue weighted by Crippen LogP contribution is -2.53. The molecule has 0 radical (unpaired) electrons. The van der Waals surface area contributed by atoms with E-state index in [-0.39, 0.29) is 6.29 Å². The van der Waals surface area contributed by atoms with E-state index in [0.29, 0.717) is 0 Å². The maximum atomic E-state index is 11.0. The molecule has 14 heavy (non-hydrogen) atoms. The largest absolute Gasteiger partial charge is 0.381 e. The van der Waals surface area contributed by atoms with Gasteiger partial charge in [0.25, 0.3) is 0 Å². The number of aldehydes is 1. The second-order valence-electron chi connectivity index (χ2n) is 2.81. The van der Waals surface area contributed by atoms with Gasteiger partial charge in [-0.3, -0.25) is 9.59 Å². The predicted octanol–water partition coefficient (Wildman–Crippen LogP) is -3.14. The normalized spacial score (nSPS) is 16.5. The zero-order chi connectivity index (χ0) is 11.3. The number of aliphatic hydroxyl groups excluding tert-OH is 1. The van der Waals surface area contributed by atoms with Gasteiger partial charge in [-0.25, -0.2) is 0 Å². The Labute approximate surface area is 80.4 Å². The first kappa shape index (κ1) is 12.5. The molecule has 0 bridgehead atoms. The summed E-state index contributed by atoms with van der Waals surface area (Å²) in [5, 5.41) is 11.1. The highest BCUT2D eigenvalue weighted by molar-refractivity contribution is 5.88. The fourth-order valence-corrected chi connectivity index (χ4v) is 0.660. The Morgan fingerprint density at radius 3 is 2.29 bits per heavy atom. The topological polar surface area (TPSA) is 136 Å². The Balaban J connectivity index is 4.37. The fraction of sp³-hybridized carbons (Fsp3) is 0.571. The molecule has 0 aliphatic heterocycles. The maximum Gasteiger partial charge on any atom is 0.248 e. The molecule has 0 spiro atoms. The van der Waals surface area contributed by atoms with Crippen LogP contribution in [0.1, 0.15) is 6.92 Å². The third kappa shape index (κ3) is 3.50. The third-order valence-electron chi connectivity index (χ3n) is 1.50. The Hall–Kier alpha value is -1.47. The number of hydrogen-bond acceptors (Lipinski definition) is 5. The Kier molecular flexibility index (Phi) is 4.74. The zero-order valence-electron chi connectivity index (χ0n) is 7.64. The molecule has 7 heteroatoms. The Morgan fingerprint density at radius 2 is 2.00 bits per heavy atom. The van der Waals surface area contributed by atoms with Crippen molar-refractivity contribution in [2.45, 2.75) is 25.1 Å². The molecule has 80 valence electrons. The SMILES string of the molecule is C[C@H](N)C(=O)N[C@H](C=O)[C@H](O)C(N)=O. The number of aliphatic hydroxyl groups is 1. The summed E-state index contributed by atoms with van der Waals surface area (Å²) in [6.07, 6.45) is -1.52. The number of amides is 2. The van der Waals surface area contributed by atoms with Gasteiger partial charge in [0.15, 0.2) is 6.10 Å². The van der Waals surface area contributed by atoms with Crippen molar-refractivity contribution in [3.05, 3.63) is 0 Å². The molecule has 0 saturated heterocycles. The molecule has 6 N–H and O–H groups in total. The van der Waals surface area contributed by atoms with Crippen LogP contribution in [0.4, 0.5) is 0 Å². The van der Waals surface area contributed by atoms with Crippen LogP contribution >= 0.6 is 0 Å². The van der Waals surface area contributed by atoms with E-state index in [4.69, 9.17) is 16.6 Å². The molecule has 0 heterocycles. The molecule has 3 atom stereocenters. The fourth-order valence-electron chi connectivity index (χ4n) is 0.660. The highest BCUT2D eigenvalue weighted by Crippen LogP contribution is 1.90. The molecular weight excluding hydrogens is 190 g/mol. The van der Waals surface area contributed by atoms with Crippen molar-refractivity contribution in [1.29, 1.82) is 0 Å². The number of nitrogens with two attached hydrogens (primary N) is 2. The van der Waals surface area contributed by atoms with E-state index in [2.05, 4.69) is 5.32 Å². The molecule has 0 rings (SSSR count). The molecular formula is C7H13N3O4. The minimum absolute atomic E-state index is 0.218. The van der Waals surface area contributed by atoms with Crippen LogP contribution in [0.5, 0.6) is 0 Å². The molecule has 2 amide bonds. The van der Waals surface area contributed by atoms with Crippen molar-refractivity contribution in [3.63, 3.8) is 0 Å². The number of hydrogen-bond donors (Lipinski definition) is 4. The van der Waals surface area contributed by atoms with E-state index >= 15 is 0 Å². The lowest BCUT2D eigenvalue weighted by Gasteiger charge is -2.17. The molecule has 0 aromatic heterocycles. The predicted molar refractivity (Wildman–Crippen MR) is 46.8 cm³/mol. The van der Waals surface area contributed by atoms with Crippen LogP contribution in [0.15, 0.2) is 0 Å². The van der Waals surface area contributed by atoms with Gasteiger partial charge >= 0.3 is 0 Å². The Morgan fingerprint density at radius 1 is 1.50 bits per heavy atom. The lowest BCUT2D eigenvalue weighted by atomic mass is 10.1.